The Morgan fingerprint density at radius 1 is 1.00 bits per heavy atom. The molecule has 0 unspecified atom stereocenters. The molecule has 0 aliphatic rings. The number of hydrogen-bond acceptors (Lipinski definition) is 4. The number of rotatable bonds is 8. The van der Waals surface area contributed by atoms with Gasteiger partial charge in [-0.05, 0) is 53.4 Å². The fourth-order valence-corrected chi connectivity index (χ4v) is 3.30. The Morgan fingerprint density at radius 3 is 2.47 bits per heavy atom. The van der Waals surface area contributed by atoms with E-state index in [1.807, 2.05) is 61.5 Å². The zero-order chi connectivity index (χ0) is 21.5. The first-order chi connectivity index (χ1) is 14.5. The second-order valence-electron chi connectivity index (χ2n) is 6.77. The highest BCUT2D eigenvalue weighted by atomic mass is 35.5. The predicted molar refractivity (Wildman–Crippen MR) is 118 cm³/mol. The topological polar surface area (TPSA) is 68.1 Å². The molecule has 5 nitrogen and oxygen atoms in total. The minimum Gasteiger partial charge on any atom is -0.496 e. The fourth-order valence-electron chi connectivity index (χ4n) is 3.09. The van der Waals surface area contributed by atoms with Crippen LogP contribution in [0.15, 0.2) is 71.9 Å². The summed E-state index contributed by atoms with van der Waals surface area (Å²) in [4.78, 5) is 16.5. The summed E-state index contributed by atoms with van der Waals surface area (Å²) in [5.41, 5.74) is 4.98. The van der Waals surface area contributed by atoms with E-state index in [1.54, 1.807) is 19.2 Å². The zero-order valence-corrected chi connectivity index (χ0v) is 17.5. The van der Waals surface area contributed by atoms with Crippen LogP contribution in [0.25, 0.3) is 11.1 Å². The van der Waals surface area contributed by atoms with E-state index in [0.717, 1.165) is 27.8 Å². The standard InChI is InChI=1S/C24H22ClNO4/c1-16(26-30-15-18-6-4-8-21(25)12-18)22-14-20(9-10-23(22)29-2)19-7-3-5-17(11-19)13-24(27)28/h3-12,14H,13,15H2,1-2H3,(H,27,28). The van der Waals surface area contributed by atoms with Crippen LogP contribution >= 0.6 is 11.6 Å². The molecule has 0 heterocycles. The van der Waals surface area contributed by atoms with Gasteiger partial charge in [-0.1, -0.05) is 59.2 Å². The number of carboxylic acid groups (broad SMARTS) is 1. The van der Waals surface area contributed by atoms with Gasteiger partial charge in [0.05, 0.1) is 19.2 Å². The number of carboxylic acids is 1. The van der Waals surface area contributed by atoms with Crippen LogP contribution in [0.1, 0.15) is 23.6 Å². The van der Waals surface area contributed by atoms with Gasteiger partial charge in [0.2, 0.25) is 0 Å². The minimum absolute atomic E-state index is 0.0192. The van der Waals surface area contributed by atoms with Gasteiger partial charge in [0, 0.05) is 10.6 Å². The van der Waals surface area contributed by atoms with Crippen LogP contribution in [0.4, 0.5) is 0 Å². The SMILES string of the molecule is COc1ccc(-c2cccc(CC(=O)O)c2)cc1C(C)=NOCc1cccc(Cl)c1. The lowest BCUT2D eigenvalue weighted by Crippen LogP contribution is -2.02. The smallest absolute Gasteiger partial charge is 0.307 e. The summed E-state index contributed by atoms with van der Waals surface area (Å²) in [6, 6.07) is 20.7. The molecule has 0 aliphatic heterocycles. The van der Waals surface area contributed by atoms with Gasteiger partial charge in [0.15, 0.2) is 0 Å². The Bertz CT molecular complexity index is 1080. The van der Waals surface area contributed by atoms with Crippen molar-refractivity contribution in [2.24, 2.45) is 5.16 Å². The Balaban J connectivity index is 1.84. The molecule has 0 spiro atoms. The lowest BCUT2D eigenvalue weighted by Gasteiger charge is -2.12. The Morgan fingerprint density at radius 2 is 1.73 bits per heavy atom. The molecule has 0 bridgehead atoms. The molecule has 3 rings (SSSR count). The summed E-state index contributed by atoms with van der Waals surface area (Å²) in [7, 11) is 1.60. The van der Waals surface area contributed by atoms with Crippen molar-refractivity contribution in [3.05, 3.63) is 88.4 Å². The highest BCUT2D eigenvalue weighted by Gasteiger charge is 2.11. The van der Waals surface area contributed by atoms with Crippen LogP contribution in [-0.4, -0.2) is 23.9 Å². The van der Waals surface area contributed by atoms with E-state index in [1.165, 1.54) is 0 Å². The number of halogens is 1. The Hall–Kier alpha value is -3.31. The first kappa shape index (κ1) is 21.4. The molecule has 6 heteroatoms. The molecule has 0 saturated heterocycles. The van der Waals surface area contributed by atoms with Crippen molar-refractivity contribution in [2.75, 3.05) is 7.11 Å². The van der Waals surface area contributed by atoms with Gasteiger partial charge in [0.25, 0.3) is 0 Å². The van der Waals surface area contributed by atoms with E-state index < -0.39 is 5.97 Å². The van der Waals surface area contributed by atoms with Gasteiger partial charge in [0.1, 0.15) is 12.4 Å². The number of benzene rings is 3. The fraction of sp³-hybridized carbons (Fsp3) is 0.167. The summed E-state index contributed by atoms with van der Waals surface area (Å²) in [5.74, 6) is -0.185. The first-order valence-electron chi connectivity index (χ1n) is 9.37. The van der Waals surface area contributed by atoms with E-state index in [2.05, 4.69) is 5.16 Å². The number of methoxy groups -OCH3 is 1. The highest BCUT2D eigenvalue weighted by molar-refractivity contribution is 6.30. The number of ether oxygens (including phenoxy) is 1. The van der Waals surface area contributed by atoms with Crippen LogP contribution in [0.2, 0.25) is 5.02 Å². The normalized spacial score (nSPS) is 11.2. The van der Waals surface area contributed by atoms with Gasteiger partial charge < -0.3 is 14.7 Å². The number of hydrogen-bond donors (Lipinski definition) is 1. The second kappa shape index (κ2) is 9.94. The molecule has 1 N–H and O–H groups in total. The summed E-state index contributed by atoms with van der Waals surface area (Å²) < 4.78 is 5.48. The van der Waals surface area contributed by atoms with Crippen molar-refractivity contribution >= 4 is 23.3 Å². The van der Waals surface area contributed by atoms with Crippen molar-refractivity contribution in [1.82, 2.24) is 0 Å². The first-order valence-corrected chi connectivity index (χ1v) is 9.74. The number of carbonyl (C=O) groups is 1. The zero-order valence-electron chi connectivity index (χ0n) is 16.8. The maximum absolute atomic E-state index is 11.0. The molecule has 0 atom stereocenters. The van der Waals surface area contributed by atoms with Gasteiger partial charge >= 0.3 is 5.97 Å². The van der Waals surface area contributed by atoms with E-state index in [-0.39, 0.29) is 6.42 Å². The molecular formula is C24H22ClNO4. The van der Waals surface area contributed by atoms with E-state index in [0.29, 0.717) is 23.1 Å². The number of aliphatic carboxylic acids is 1. The highest BCUT2D eigenvalue weighted by Crippen LogP contribution is 2.28. The maximum Gasteiger partial charge on any atom is 0.307 e. The molecule has 0 fully saturated rings. The lowest BCUT2D eigenvalue weighted by molar-refractivity contribution is -0.136. The van der Waals surface area contributed by atoms with Gasteiger partial charge in [-0.2, -0.15) is 0 Å². The van der Waals surface area contributed by atoms with Crippen LogP contribution in [0.3, 0.4) is 0 Å². The monoisotopic (exact) mass is 423 g/mol. The average Bonchev–Trinajstić information content (AvgIpc) is 2.73. The maximum atomic E-state index is 11.0. The van der Waals surface area contributed by atoms with E-state index >= 15 is 0 Å². The van der Waals surface area contributed by atoms with Crippen molar-refractivity contribution in [2.45, 2.75) is 20.0 Å². The molecule has 0 amide bonds. The summed E-state index contributed by atoms with van der Waals surface area (Å²) >= 11 is 6.00. The largest absolute Gasteiger partial charge is 0.496 e. The van der Waals surface area contributed by atoms with Crippen LogP contribution in [0.5, 0.6) is 5.75 Å². The number of oxime groups is 1. The number of nitrogens with zero attached hydrogens (tertiary/aromatic N) is 1. The molecule has 3 aromatic rings. The summed E-state index contributed by atoms with van der Waals surface area (Å²) in [6.07, 6.45) is -0.0192. The van der Waals surface area contributed by atoms with Crippen molar-refractivity contribution in [3.63, 3.8) is 0 Å². The third-order valence-electron chi connectivity index (χ3n) is 4.53. The second-order valence-corrected chi connectivity index (χ2v) is 7.20. The third-order valence-corrected chi connectivity index (χ3v) is 4.76. The molecule has 0 aliphatic carbocycles. The predicted octanol–water partition coefficient (Wildman–Crippen LogP) is 5.58. The molecule has 154 valence electrons. The van der Waals surface area contributed by atoms with Crippen LogP contribution in [-0.2, 0) is 22.7 Å². The molecule has 0 saturated carbocycles. The Kier molecular flexibility index (Phi) is 7.09. The quantitative estimate of drug-likeness (QED) is 0.379. The van der Waals surface area contributed by atoms with Crippen molar-refractivity contribution in [3.8, 4) is 16.9 Å². The van der Waals surface area contributed by atoms with Crippen molar-refractivity contribution in [1.29, 1.82) is 0 Å². The molecule has 0 aromatic heterocycles. The van der Waals surface area contributed by atoms with Crippen LogP contribution < -0.4 is 4.74 Å². The van der Waals surface area contributed by atoms with Gasteiger partial charge in [-0.25, -0.2) is 0 Å². The van der Waals surface area contributed by atoms with Gasteiger partial charge in [-0.3, -0.25) is 4.79 Å². The summed E-state index contributed by atoms with van der Waals surface area (Å²) in [6.45, 7) is 2.15. The van der Waals surface area contributed by atoms with Gasteiger partial charge in [-0.15, -0.1) is 0 Å². The lowest BCUT2D eigenvalue weighted by atomic mass is 9.98. The summed E-state index contributed by atoms with van der Waals surface area (Å²) in [5, 5.41) is 13.9. The van der Waals surface area contributed by atoms with Crippen molar-refractivity contribution < 1.29 is 19.5 Å². The average molecular weight is 424 g/mol. The molecule has 30 heavy (non-hydrogen) atoms. The van der Waals surface area contributed by atoms with Crippen LogP contribution in [0, 0.1) is 0 Å². The van der Waals surface area contributed by atoms with E-state index in [9.17, 15) is 4.79 Å². The molecular weight excluding hydrogens is 402 g/mol. The molecule has 3 aromatic carbocycles. The minimum atomic E-state index is -0.859. The van der Waals surface area contributed by atoms with E-state index in [4.69, 9.17) is 26.3 Å². The third kappa shape index (κ3) is 5.61. The molecule has 0 radical (unpaired) electrons. The Labute approximate surface area is 180 Å².